The van der Waals surface area contributed by atoms with Gasteiger partial charge in [0.1, 0.15) is 12.2 Å². The number of nitrogens with zero attached hydrogens (tertiary/aromatic N) is 3. The van der Waals surface area contributed by atoms with Gasteiger partial charge in [-0.2, -0.15) is 31.4 Å². The van der Waals surface area contributed by atoms with E-state index in [0.717, 1.165) is 4.68 Å². The molecule has 1 saturated carbocycles. The van der Waals surface area contributed by atoms with Gasteiger partial charge in [0.05, 0.1) is 17.3 Å². The third-order valence-electron chi connectivity index (χ3n) is 5.32. The van der Waals surface area contributed by atoms with Crippen LogP contribution in [0.15, 0.2) is 24.5 Å². The molecule has 32 heavy (non-hydrogen) atoms. The predicted molar refractivity (Wildman–Crippen MR) is 99.4 cm³/mol. The molecule has 3 rings (SSSR count). The van der Waals surface area contributed by atoms with E-state index in [9.17, 15) is 31.1 Å². The molecular formula is C19H21F6N5O2. The number of carbonyl (C=O) groups excluding carboxylic acids is 1. The number of pyridine rings is 1. The molecule has 1 fully saturated rings. The summed E-state index contributed by atoms with van der Waals surface area (Å²) in [6.07, 6.45) is -6.80. The zero-order valence-corrected chi connectivity index (χ0v) is 17.0. The fraction of sp³-hybridized carbons (Fsp3) is 0.526. The van der Waals surface area contributed by atoms with Crippen LogP contribution in [0.1, 0.15) is 36.1 Å². The van der Waals surface area contributed by atoms with Crippen molar-refractivity contribution < 1.29 is 35.9 Å². The fourth-order valence-electron chi connectivity index (χ4n) is 3.14. The molecule has 0 saturated heterocycles. The van der Waals surface area contributed by atoms with Crippen molar-refractivity contribution in [2.45, 2.75) is 44.8 Å². The van der Waals surface area contributed by atoms with Gasteiger partial charge in [-0.05, 0) is 30.9 Å². The number of halogens is 6. The molecule has 1 aliphatic rings. The highest BCUT2D eigenvalue weighted by atomic mass is 19.4. The SMILES string of the molecule is Cn1ncc(C(F)(F)F)c1COc1cc(CNC(=O)NCCC2(C(F)(F)F)CC2)ccn1. The third kappa shape index (κ3) is 5.62. The topological polar surface area (TPSA) is 81.1 Å². The van der Waals surface area contributed by atoms with Crippen molar-refractivity contribution in [3.8, 4) is 5.88 Å². The first-order valence-corrected chi connectivity index (χ1v) is 9.65. The molecule has 13 heteroatoms. The molecule has 0 aromatic carbocycles. The summed E-state index contributed by atoms with van der Waals surface area (Å²) >= 11 is 0. The first kappa shape index (κ1) is 23.7. The Labute approximate surface area is 179 Å². The molecule has 0 aliphatic heterocycles. The van der Waals surface area contributed by atoms with Gasteiger partial charge >= 0.3 is 18.4 Å². The lowest BCUT2D eigenvalue weighted by Gasteiger charge is -2.19. The number of aromatic nitrogens is 3. The van der Waals surface area contributed by atoms with E-state index in [-0.39, 0.29) is 43.9 Å². The highest BCUT2D eigenvalue weighted by Gasteiger charge is 2.62. The van der Waals surface area contributed by atoms with E-state index in [1.807, 2.05) is 0 Å². The molecule has 176 valence electrons. The van der Waals surface area contributed by atoms with Crippen molar-refractivity contribution in [1.82, 2.24) is 25.4 Å². The molecule has 2 N–H and O–H groups in total. The van der Waals surface area contributed by atoms with E-state index in [0.29, 0.717) is 11.8 Å². The van der Waals surface area contributed by atoms with E-state index in [1.165, 1.54) is 19.3 Å². The largest absolute Gasteiger partial charge is 0.471 e. The van der Waals surface area contributed by atoms with Crippen LogP contribution in [0.2, 0.25) is 0 Å². The fourth-order valence-corrected chi connectivity index (χ4v) is 3.14. The third-order valence-corrected chi connectivity index (χ3v) is 5.32. The van der Waals surface area contributed by atoms with Gasteiger partial charge in [-0.1, -0.05) is 0 Å². The Bertz CT molecular complexity index is 952. The Morgan fingerprint density at radius 1 is 1.22 bits per heavy atom. The molecule has 2 aromatic heterocycles. The number of alkyl halides is 6. The first-order valence-electron chi connectivity index (χ1n) is 9.65. The molecule has 0 unspecified atom stereocenters. The number of aryl methyl sites for hydroxylation is 1. The lowest BCUT2D eigenvalue weighted by Crippen LogP contribution is -2.37. The summed E-state index contributed by atoms with van der Waals surface area (Å²) in [5.41, 5.74) is -2.22. The monoisotopic (exact) mass is 465 g/mol. The Hall–Kier alpha value is -2.99. The second-order valence-corrected chi connectivity index (χ2v) is 7.55. The van der Waals surface area contributed by atoms with E-state index in [2.05, 4.69) is 20.7 Å². The molecule has 0 spiro atoms. The molecule has 0 bridgehead atoms. The van der Waals surface area contributed by atoms with E-state index in [4.69, 9.17) is 4.74 Å². The first-order chi connectivity index (χ1) is 14.9. The molecule has 2 aromatic rings. The Morgan fingerprint density at radius 2 is 1.94 bits per heavy atom. The molecule has 2 heterocycles. The van der Waals surface area contributed by atoms with E-state index < -0.39 is 36.0 Å². The summed E-state index contributed by atoms with van der Waals surface area (Å²) in [6.45, 7) is -0.506. The smallest absolute Gasteiger partial charge is 0.419 e. The zero-order valence-electron chi connectivity index (χ0n) is 17.0. The van der Waals surface area contributed by atoms with Crippen molar-refractivity contribution in [1.29, 1.82) is 0 Å². The Balaban J connectivity index is 1.47. The Morgan fingerprint density at radius 3 is 2.56 bits per heavy atom. The van der Waals surface area contributed by atoms with Crippen molar-refractivity contribution >= 4 is 6.03 Å². The number of carbonyl (C=O) groups is 1. The molecular weight excluding hydrogens is 444 g/mol. The second kappa shape index (κ2) is 8.87. The van der Waals surface area contributed by atoms with Crippen LogP contribution in [-0.2, 0) is 26.4 Å². The zero-order chi connectivity index (χ0) is 23.6. The molecule has 0 atom stereocenters. The number of urea groups is 1. The van der Waals surface area contributed by atoms with Crippen molar-refractivity contribution in [2.75, 3.05) is 6.54 Å². The maximum atomic E-state index is 13.0. The minimum absolute atomic E-state index is 0.0225. The highest BCUT2D eigenvalue weighted by Crippen LogP contribution is 2.59. The summed E-state index contributed by atoms with van der Waals surface area (Å²) in [6, 6.07) is 2.36. The number of nitrogens with one attached hydrogen (secondary N) is 2. The van der Waals surface area contributed by atoms with Crippen LogP contribution in [0.4, 0.5) is 31.1 Å². The summed E-state index contributed by atoms with van der Waals surface area (Å²) in [4.78, 5) is 15.8. The number of hydrogen-bond donors (Lipinski definition) is 2. The van der Waals surface area contributed by atoms with Crippen LogP contribution in [0, 0.1) is 5.41 Å². The molecule has 2 amide bonds. The normalized spacial score (nSPS) is 15.3. The molecule has 7 nitrogen and oxygen atoms in total. The lowest BCUT2D eigenvalue weighted by atomic mass is 10.0. The Kier molecular flexibility index (Phi) is 6.56. The number of ether oxygens (including phenoxy) is 1. The van der Waals surface area contributed by atoms with E-state index >= 15 is 0 Å². The van der Waals surface area contributed by atoms with Crippen LogP contribution >= 0.6 is 0 Å². The highest BCUT2D eigenvalue weighted by molar-refractivity contribution is 5.73. The van der Waals surface area contributed by atoms with Crippen LogP contribution in [0.3, 0.4) is 0 Å². The van der Waals surface area contributed by atoms with Gasteiger partial charge in [-0.3, -0.25) is 4.68 Å². The minimum Gasteiger partial charge on any atom is -0.471 e. The van der Waals surface area contributed by atoms with Gasteiger partial charge in [0.2, 0.25) is 5.88 Å². The van der Waals surface area contributed by atoms with Crippen molar-refractivity contribution in [3.05, 3.63) is 41.3 Å². The summed E-state index contributed by atoms with van der Waals surface area (Å²) in [7, 11) is 1.36. The average molecular weight is 465 g/mol. The molecule has 1 aliphatic carbocycles. The van der Waals surface area contributed by atoms with Gasteiger partial charge in [-0.25, -0.2) is 9.78 Å². The van der Waals surface area contributed by atoms with Crippen molar-refractivity contribution in [2.24, 2.45) is 12.5 Å². The maximum absolute atomic E-state index is 13.0. The predicted octanol–water partition coefficient (Wildman–Crippen LogP) is 3.94. The summed E-state index contributed by atoms with van der Waals surface area (Å²) < 4.78 is 84.1. The van der Waals surface area contributed by atoms with Crippen LogP contribution < -0.4 is 15.4 Å². The van der Waals surface area contributed by atoms with Gasteiger partial charge in [-0.15, -0.1) is 0 Å². The van der Waals surface area contributed by atoms with Crippen LogP contribution in [0.25, 0.3) is 0 Å². The quantitative estimate of drug-likeness (QED) is 0.579. The van der Waals surface area contributed by atoms with Gasteiger partial charge < -0.3 is 15.4 Å². The maximum Gasteiger partial charge on any atom is 0.419 e. The molecule has 0 radical (unpaired) electrons. The standard InChI is InChI=1S/C19H21F6N5O2/c1-30-14(13(10-29-30)18(20,21)22)11-32-15-8-12(2-6-26-15)9-28-16(31)27-7-5-17(3-4-17)19(23,24)25/h2,6,8,10H,3-5,7,9,11H2,1H3,(H2,27,28,31). The second-order valence-electron chi connectivity index (χ2n) is 7.55. The summed E-state index contributed by atoms with van der Waals surface area (Å²) in [5, 5.41) is 8.49. The van der Waals surface area contributed by atoms with Crippen LogP contribution in [-0.4, -0.2) is 33.5 Å². The van der Waals surface area contributed by atoms with Gasteiger partial charge in [0.25, 0.3) is 0 Å². The van der Waals surface area contributed by atoms with E-state index in [1.54, 1.807) is 6.07 Å². The average Bonchev–Trinajstić information content (AvgIpc) is 3.40. The number of amides is 2. The number of rotatable bonds is 8. The van der Waals surface area contributed by atoms with Gasteiger partial charge in [0, 0.05) is 32.4 Å². The van der Waals surface area contributed by atoms with Gasteiger partial charge in [0.15, 0.2) is 0 Å². The minimum atomic E-state index is -4.57. The number of hydrogen-bond acceptors (Lipinski definition) is 4. The van der Waals surface area contributed by atoms with Crippen LogP contribution in [0.5, 0.6) is 5.88 Å². The van der Waals surface area contributed by atoms with Crippen molar-refractivity contribution in [3.63, 3.8) is 0 Å². The summed E-state index contributed by atoms with van der Waals surface area (Å²) in [5.74, 6) is 0.0416. The lowest BCUT2D eigenvalue weighted by molar-refractivity contribution is -0.188.